The number of benzene rings is 2. The van der Waals surface area contributed by atoms with Gasteiger partial charge in [0.1, 0.15) is 11.6 Å². The van der Waals surface area contributed by atoms with E-state index in [1.54, 1.807) is 18.2 Å². The van der Waals surface area contributed by atoms with Gasteiger partial charge in [0.2, 0.25) is 0 Å². The molecular weight excluding hydrogens is 398 g/mol. The highest BCUT2D eigenvalue weighted by Gasteiger charge is 2.48. The monoisotopic (exact) mass is 405 g/mol. The number of halogens is 5. The molecule has 0 fully saturated rings. The molecule has 0 aliphatic heterocycles. The van der Waals surface area contributed by atoms with Crippen molar-refractivity contribution in [3.05, 3.63) is 59.5 Å². The predicted octanol–water partition coefficient (Wildman–Crippen LogP) is 4.92. The van der Waals surface area contributed by atoms with Crippen LogP contribution in [0.5, 0.6) is 5.75 Å². The summed E-state index contributed by atoms with van der Waals surface area (Å²) in [7, 11) is -5.87. The first-order valence-corrected chi connectivity index (χ1v) is 8.73. The van der Waals surface area contributed by atoms with Crippen LogP contribution in [0.3, 0.4) is 0 Å². The third-order valence-corrected chi connectivity index (χ3v) is 4.72. The Labute approximate surface area is 150 Å². The highest BCUT2D eigenvalue weighted by Crippen LogP contribution is 2.35. The lowest BCUT2D eigenvalue weighted by Gasteiger charge is -2.12. The maximum Gasteiger partial charge on any atom is 0.534 e. The molecule has 4 nitrogen and oxygen atoms in total. The van der Waals surface area contributed by atoms with Crippen LogP contribution in [0.25, 0.3) is 22.0 Å². The minimum absolute atomic E-state index is 0.158. The van der Waals surface area contributed by atoms with Gasteiger partial charge in [0, 0.05) is 17.1 Å². The first kappa shape index (κ1) is 18.4. The van der Waals surface area contributed by atoms with Crippen molar-refractivity contribution < 1.29 is 30.2 Å². The Kier molecular flexibility index (Phi) is 4.53. The average molecular weight is 406 g/mol. The van der Waals surface area contributed by atoms with E-state index in [9.17, 15) is 26.0 Å². The van der Waals surface area contributed by atoms with Crippen molar-refractivity contribution in [3.63, 3.8) is 0 Å². The second-order valence-electron chi connectivity index (χ2n) is 5.12. The molecule has 2 aromatic carbocycles. The van der Waals surface area contributed by atoms with Crippen molar-refractivity contribution in [3.8, 4) is 16.9 Å². The lowest BCUT2D eigenvalue weighted by Crippen LogP contribution is -2.28. The second kappa shape index (κ2) is 6.40. The predicted molar refractivity (Wildman–Crippen MR) is 87.7 cm³/mol. The summed E-state index contributed by atoms with van der Waals surface area (Å²) in [5.74, 6) is -1.46. The molecule has 0 aliphatic rings. The van der Waals surface area contributed by atoms with E-state index >= 15 is 0 Å². The van der Waals surface area contributed by atoms with Gasteiger partial charge in [-0.05, 0) is 35.9 Å². The quantitative estimate of drug-likeness (QED) is 0.352. The number of fused-ring (bicyclic) bond motifs is 1. The second-order valence-corrected chi connectivity index (χ2v) is 7.06. The molecule has 0 radical (unpaired) electrons. The van der Waals surface area contributed by atoms with Crippen LogP contribution in [0.4, 0.5) is 17.6 Å². The van der Waals surface area contributed by atoms with Crippen LogP contribution in [-0.2, 0) is 10.1 Å². The van der Waals surface area contributed by atoms with E-state index < -0.39 is 27.2 Å². The van der Waals surface area contributed by atoms with Gasteiger partial charge in [0.25, 0.3) is 0 Å². The molecule has 0 amide bonds. The Morgan fingerprint density at radius 3 is 2.46 bits per heavy atom. The van der Waals surface area contributed by atoms with Gasteiger partial charge in [-0.25, -0.2) is 4.39 Å². The van der Waals surface area contributed by atoms with Crippen LogP contribution >= 0.6 is 11.6 Å². The molecule has 0 saturated carbocycles. The lowest BCUT2D eigenvalue weighted by atomic mass is 10.0. The van der Waals surface area contributed by atoms with Gasteiger partial charge in [0.15, 0.2) is 0 Å². The fourth-order valence-corrected chi connectivity index (χ4v) is 2.99. The Balaban J connectivity index is 2.15. The van der Waals surface area contributed by atoms with Crippen molar-refractivity contribution in [1.29, 1.82) is 0 Å². The molecule has 0 bridgehead atoms. The fourth-order valence-electron chi connectivity index (χ4n) is 2.31. The van der Waals surface area contributed by atoms with Crippen LogP contribution in [0, 0.1) is 5.82 Å². The number of alkyl halides is 3. The van der Waals surface area contributed by atoms with Crippen LogP contribution in [0.1, 0.15) is 0 Å². The van der Waals surface area contributed by atoms with Crippen molar-refractivity contribution in [2.24, 2.45) is 0 Å². The summed E-state index contributed by atoms with van der Waals surface area (Å²) in [6, 6.07) is 8.68. The number of hydrogen-bond donors (Lipinski definition) is 0. The summed E-state index contributed by atoms with van der Waals surface area (Å²) < 4.78 is 78.0. The minimum atomic E-state index is -5.87. The first-order valence-electron chi connectivity index (χ1n) is 6.94. The molecule has 0 spiro atoms. The molecule has 1 heterocycles. The molecule has 0 unspecified atom stereocenters. The normalized spacial score (nSPS) is 12.3. The van der Waals surface area contributed by atoms with Crippen LogP contribution in [0.2, 0.25) is 5.02 Å². The Hall–Kier alpha value is -2.39. The molecule has 136 valence electrons. The maximum atomic E-state index is 14.3. The molecule has 3 rings (SSSR count). The molecule has 0 N–H and O–H groups in total. The number of rotatable bonds is 3. The highest BCUT2D eigenvalue weighted by molar-refractivity contribution is 7.88. The summed E-state index contributed by atoms with van der Waals surface area (Å²) >= 11 is 6.04. The zero-order chi connectivity index (χ0) is 19.1. The van der Waals surface area contributed by atoms with Gasteiger partial charge in [-0.3, -0.25) is 4.98 Å². The van der Waals surface area contributed by atoms with E-state index in [0.717, 1.165) is 18.2 Å². The van der Waals surface area contributed by atoms with Crippen LogP contribution in [0.15, 0.2) is 48.7 Å². The number of aromatic nitrogens is 1. The van der Waals surface area contributed by atoms with Crippen LogP contribution in [-0.4, -0.2) is 18.9 Å². The summed E-state index contributed by atoms with van der Waals surface area (Å²) in [5.41, 5.74) is -5.13. The van der Waals surface area contributed by atoms with E-state index in [4.69, 9.17) is 11.6 Å². The Morgan fingerprint density at radius 1 is 1.04 bits per heavy atom. The largest absolute Gasteiger partial charge is 0.534 e. The third kappa shape index (κ3) is 3.32. The molecular formula is C16H8ClF4NO3S. The first-order chi connectivity index (χ1) is 12.1. The SMILES string of the molecule is O=S(=O)(Oc1ccc(F)c(-c2ccnc3c(Cl)cccc23)c1)C(F)(F)F. The van der Waals surface area contributed by atoms with E-state index in [1.165, 1.54) is 12.3 Å². The Morgan fingerprint density at radius 2 is 1.77 bits per heavy atom. The highest BCUT2D eigenvalue weighted by atomic mass is 35.5. The van der Waals surface area contributed by atoms with Gasteiger partial charge >= 0.3 is 15.6 Å². The topological polar surface area (TPSA) is 56.3 Å². The fraction of sp³-hybridized carbons (Fsp3) is 0.0625. The summed E-state index contributed by atoms with van der Waals surface area (Å²) in [4.78, 5) is 4.08. The van der Waals surface area contributed by atoms with Crippen LogP contribution < -0.4 is 4.18 Å². The summed E-state index contributed by atoms with van der Waals surface area (Å²) in [6.45, 7) is 0. The molecule has 1 aromatic heterocycles. The number of para-hydroxylation sites is 1. The minimum Gasteiger partial charge on any atom is -0.376 e. The van der Waals surface area contributed by atoms with E-state index in [1.807, 2.05) is 0 Å². The van der Waals surface area contributed by atoms with Gasteiger partial charge in [-0.1, -0.05) is 23.7 Å². The van der Waals surface area contributed by atoms with E-state index in [2.05, 4.69) is 9.17 Å². The molecule has 0 aliphatic carbocycles. The molecule has 0 saturated heterocycles. The molecule has 0 atom stereocenters. The van der Waals surface area contributed by atoms with Crippen molar-refractivity contribution >= 4 is 32.6 Å². The number of hydrogen-bond acceptors (Lipinski definition) is 4. The van der Waals surface area contributed by atoms with Gasteiger partial charge < -0.3 is 4.18 Å². The van der Waals surface area contributed by atoms with Crippen molar-refractivity contribution in [1.82, 2.24) is 4.98 Å². The summed E-state index contributed by atoms with van der Waals surface area (Å²) in [6.07, 6.45) is 1.35. The zero-order valence-corrected chi connectivity index (χ0v) is 14.2. The molecule has 3 aromatic rings. The number of nitrogens with zero attached hydrogens (tertiary/aromatic N) is 1. The Bertz CT molecular complexity index is 1100. The van der Waals surface area contributed by atoms with Gasteiger partial charge in [-0.2, -0.15) is 21.6 Å². The summed E-state index contributed by atoms with van der Waals surface area (Å²) in [5, 5.41) is 0.742. The van der Waals surface area contributed by atoms with E-state index in [0.29, 0.717) is 15.9 Å². The van der Waals surface area contributed by atoms with E-state index in [-0.39, 0.29) is 11.1 Å². The number of pyridine rings is 1. The van der Waals surface area contributed by atoms with Crippen molar-refractivity contribution in [2.45, 2.75) is 5.51 Å². The molecule has 26 heavy (non-hydrogen) atoms. The van der Waals surface area contributed by atoms with Gasteiger partial charge in [0.05, 0.1) is 10.5 Å². The maximum absolute atomic E-state index is 14.3. The van der Waals surface area contributed by atoms with Crippen molar-refractivity contribution in [2.75, 3.05) is 0 Å². The smallest absolute Gasteiger partial charge is 0.376 e. The zero-order valence-electron chi connectivity index (χ0n) is 12.6. The lowest BCUT2D eigenvalue weighted by molar-refractivity contribution is -0.0500. The van der Waals surface area contributed by atoms with Gasteiger partial charge in [-0.15, -0.1) is 0 Å². The average Bonchev–Trinajstić information content (AvgIpc) is 2.55. The third-order valence-electron chi connectivity index (χ3n) is 3.44. The standard InChI is InChI=1S/C16H8ClF4NO3S/c17-13-3-1-2-11-10(6-7-22-15(11)13)12-8-9(4-5-14(12)18)25-26(23,24)16(19,20)21/h1-8H. The molecule has 10 heteroatoms.